The summed E-state index contributed by atoms with van der Waals surface area (Å²) in [4.78, 5) is 11.1. The number of carbonyl (C=O) groups is 1. The molecule has 2 rings (SSSR count). The molecule has 2 fully saturated rings. The molecule has 0 heterocycles. The van der Waals surface area contributed by atoms with Gasteiger partial charge in [0.2, 0.25) is 0 Å². The van der Waals surface area contributed by atoms with Crippen molar-refractivity contribution in [2.24, 2.45) is 22.7 Å². The standard InChI is InChI=1S/C15H26O2/c1-4-15-9-7-12(11(2)10-16)14(15,3)8-5-6-13(15)17/h10-13,17H,4-9H2,1-3H3/t11-,12-,13?,14-,15+/m1/s1. The molecule has 0 aromatic rings. The quantitative estimate of drug-likeness (QED) is 0.767. The maximum absolute atomic E-state index is 11.1. The highest BCUT2D eigenvalue weighted by Gasteiger charge is 2.61. The van der Waals surface area contributed by atoms with Gasteiger partial charge in [-0.15, -0.1) is 0 Å². The Bertz CT molecular complexity index is 301. The lowest BCUT2D eigenvalue weighted by Crippen LogP contribution is -2.51. The van der Waals surface area contributed by atoms with Gasteiger partial charge >= 0.3 is 0 Å². The van der Waals surface area contributed by atoms with Crippen molar-refractivity contribution in [3.8, 4) is 0 Å². The van der Waals surface area contributed by atoms with E-state index in [1.54, 1.807) is 0 Å². The van der Waals surface area contributed by atoms with E-state index in [0.29, 0.717) is 5.92 Å². The van der Waals surface area contributed by atoms with Crippen LogP contribution in [0, 0.1) is 22.7 Å². The lowest BCUT2D eigenvalue weighted by Gasteiger charge is -2.53. The number of aliphatic hydroxyl groups excluding tert-OH is 1. The number of hydrogen-bond acceptors (Lipinski definition) is 2. The van der Waals surface area contributed by atoms with Crippen molar-refractivity contribution in [1.29, 1.82) is 0 Å². The Balaban J connectivity index is 2.37. The molecule has 2 aliphatic rings. The maximum Gasteiger partial charge on any atom is 0.123 e. The molecule has 1 unspecified atom stereocenters. The summed E-state index contributed by atoms with van der Waals surface area (Å²) in [7, 11) is 0. The van der Waals surface area contributed by atoms with Crippen LogP contribution in [0.25, 0.3) is 0 Å². The van der Waals surface area contributed by atoms with E-state index in [4.69, 9.17) is 0 Å². The zero-order valence-corrected chi connectivity index (χ0v) is 11.4. The zero-order valence-electron chi connectivity index (χ0n) is 11.4. The molecule has 0 bridgehead atoms. The number of hydrogen-bond donors (Lipinski definition) is 1. The fourth-order valence-corrected chi connectivity index (χ4v) is 5.06. The summed E-state index contributed by atoms with van der Waals surface area (Å²) in [5.74, 6) is 0.605. The Labute approximate surface area is 105 Å². The number of aldehydes is 1. The zero-order chi connectivity index (χ0) is 12.7. The van der Waals surface area contributed by atoms with Crippen LogP contribution in [0.2, 0.25) is 0 Å². The molecule has 2 saturated carbocycles. The van der Waals surface area contributed by atoms with E-state index < -0.39 is 0 Å². The van der Waals surface area contributed by atoms with Crippen LogP contribution in [0.1, 0.15) is 59.3 Å². The smallest absolute Gasteiger partial charge is 0.123 e. The Morgan fingerprint density at radius 1 is 1.41 bits per heavy atom. The highest BCUT2D eigenvalue weighted by atomic mass is 16.3. The van der Waals surface area contributed by atoms with Crippen LogP contribution in [0.15, 0.2) is 0 Å². The Morgan fingerprint density at radius 2 is 2.12 bits per heavy atom. The van der Waals surface area contributed by atoms with Crippen molar-refractivity contribution in [1.82, 2.24) is 0 Å². The summed E-state index contributed by atoms with van der Waals surface area (Å²) in [5, 5.41) is 10.5. The number of aliphatic hydroxyl groups is 1. The largest absolute Gasteiger partial charge is 0.393 e. The lowest BCUT2D eigenvalue weighted by atomic mass is 9.52. The second-order valence-electron chi connectivity index (χ2n) is 6.48. The molecule has 0 saturated heterocycles. The number of carbonyl (C=O) groups excluding carboxylic acids is 1. The van der Waals surface area contributed by atoms with Gasteiger partial charge in [-0.25, -0.2) is 0 Å². The molecule has 1 N–H and O–H groups in total. The van der Waals surface area contributed by atoms with E-state index in [0.717, 1.165) is 38.4 Å². The second kappa shape index (κ2) is 4.38. The summed E-state index contributed by atoms with van der Waals surface area (Å²) >= 11 is 0. The van der Waals surface area contributed by atoms with Crippen LogP contribution >= 0.6 is 0 Å². The molecule has 0 spiro atoms. The average Bonchev–Trinajstić information content (AvgIpc) is 2.63. The number of fused-ring (bicyclic) bond motifs is 1. The molecule has 0 aromatic carbocycles. The molecular weight excluding hydrogens is 212 g/mol. The average molecular weight is 238 g/mol. The normalized spacial score (nSPS) is 47.5. The van der Waals surface area contributed by atoms with E-state index in [2.05, 4.69) is 20.8 Å². The van der Waals surface area contributed by atoms with E-state index in [9.17, 15) is 9.90 Å². The van der Waals surface area contributed by atoms with Crippen LogP contribution in [-0.2, 0) is 4.79 Å². The van der Waals surface area contributed by atoms with Gasteiger partial charge in [-0.2, -0.15) is 0 Å². The Morgan fingerprint density at radius 3 is 2.71 bits per heavy atom. The third-order valence-electron chi connectivity index (χ3n) is 6.15. The van der Waals surface area contributed by atoms with Gasteiger partial charge in [-0.1, -0.05) is 27.2 Å². The molecule has 2 heteroatoms. The summed E-state index contributed by atoms with van der Waals surface area (Å²) in [6.45, 7) is 6.59. The van der Waals surface area contributed by atoms with Gasteiger partial charge in [-0.3, -0.25) is 0 Å². The third kappa shape index (κ3) is 1.60. The first kappa shape index (κ1) is 13.1. The van der Waals surface area contributed by atoms with Crippen molar-refractivity contribution in [3.05, 3.63) is 0 Å². The summed E-state index contributed by atoms with van der Waals surface area (Å²) in [6, 6.07) is 0. The molecule has 98 valence electrons. The minimum Gasteiger partial charge on any atom is -0.393 e. The molecule has 0 amide bonds. The summed E-state index contributed by atoms with van der Waals surface area (Å²) < 4.78 is 0. The fourth-order valence-electron chi connectivity index (χ4n) is 5.06. The Hall–Kier alpha value is -0.370. The van der Waals surface area contributed by atoms with Gasteiger partial charge in [0, 0.05) is 11.3 Å². The van der Waals surface area contributed by atoms with Gasteiger partial charge < -0.3 is 9.90 Å². The topological polar surface area (TPSA) is 37.3 Å². The Kier molecular flexibility index (Phi) is 3.37. The lowest BCUT2D eigenvalue weighted by molar-refractivity contribution is -0.124. The van der Waals surface area contributed by atoms with Gasteiger partial charge in [-0.05, 0) is 43.4 Å². The molecular formula is C15H26O2. The minimum atomic E-state index is -0.157. The minimum absolute atomic E-state index is 0.0766. The molecule has 2 aliphatic carbocycles. The molecule has 0 radical (unpaired) electrons. The maximum atomic E-state index is 11.1. The van der Waals surface area contributed by atoms with Crippen LogP contribution in [0.3, 0.4) is 0 Å². The van der Waals surface area contributed by atoms with Crippen molar-refractivity contribution in [2.75, 3.05) is 0 Å². The van der Waals surface area contributed by atoms with Gasteiger partial charge in [0.1, 0.15) is 6.29 Å². The van der Waals surface area contributed by atoms with Crippen molar-refractivity contribution >= 4 is 6.29 Å². The first-order chi connectivity index (χ1) is 8.02. The molecule has 0 aliphatic heterocycles. The fraction of sp³-hybridized carbons (Fsp3) is 0.933. The van der Waals surface area contributed by atoms with E-state index >= 15 is 0 Å². The first-order valence-electron chi connectivity index (χ1n) is 7.15. The van der Waals surface area contributed by atoms with Crippen LogP contribution in [0.5, 0.6) is 0 Å². The highest BCUT2D eigenvalue weighted by Crippen LogP contribution is 2.66. The predicted octanol–water partition coefficient (Wildman–Crippen LogP) is 3.18. The molecule has 2 nitrogen and oxygen atoms in total. The second-order valence-corrected chi connectivity index (χ2v) is 6.48. The van der Waals surface area contributed by atoms with Crippen molar-refractivity contribution in [3.63, 3.8) is 0 Å². The first-order valence-corrected chi connectivity index (χ1v) is 7.15. The molecule has 0 aromatic heterocycles. The third-order valence-corrected chi connectivity index (χ3v) is 6.15. The molecule has 17 heavy (non-hydrogen) atoms. The van der Waals surface area contributed by atoms with E-state index in [1.807, 2.05) is 0 Å². The highest BCUT2D eigenvalue weighted by molar-refractivity contribution is 5.54. The predicted molar refractivity (Wildman–Crippen MR) is 68.6 cm³/mol. The van der Waals surface area contributed by atoms with Crippen molar-refractivity contribution < 1.29 is 9.90 Å². The van der Waals surface area contributed by atoms with E-state index in [1.165, 1.54) is 6.42 Å². The van der Waals surface area contributed by atoms with Gasteiger partial charge in [0.15, 0.2) is 0 Å². The van der Waals surface area contributed by atoms with Crippen LogP contribution in [0.4, 0.5) is 0 Å². The SMILES string of the molecule is CC[C@@]12CC[C@H]([C@H](C)C=O)[C@@]1(C)CCCC2O. The van der Waals surface area contributed by atoms with Gasteiger partial charge in [0.25, 0.3) is 0 Å². The summed E-state index contributed by atoms with van der Waals surface area (Å²) in [6.07, 6.45) is 7.46. The van der Waals surface area contributed by atoms with Crippen LogP contribution < -0.4 is 0 Å². The van der Waals surface area contributed by atoms with Crippen LogP contribution in [-0.4, -0.2) is 17.5 Å². The van der Waals surface area contributed by atoms with Crippen molar-refractivity contribution in [2.45, 2.75) is 65.4 Å². The number of rotatable bonds is 3. The summed E-state index contributed by atoms with van der Waals surface area (Å²) in [5.41, 5.74) is 0.243. The monoisotopic (exact) mass is 238 g/mol. The molecule has 5 atom stereocenters. The van der Waals surface area contributed by atoms with E-state index in [-0.39, 0.29) is 22.9 Å². The van der Waals surface area contributed by atoms with Gasteiger partial charge in [0.05, 0.1) is 6.10 Å².